The number of anilines is 1. The Morgan fingerprint density at radius 3 is 2.53 bits per heavy atom. The smallest absolute Gasteiger partial charge is 0.148 e. The van der Waals surface area contributed by atoms with E-state index in [-0.39, 0.29) is 11.2 Å². The first kappa shape index (κ1) is 14.3. The molecular formula is C14H17FIN3. The van der Waals surface area contributed by atoms with E-state index in [0.29, 0.717) is 11.5 Å². The lowest BCUT2D eigenvalue weighted by Crippen LogP contribution is -2.11. The molecule has 0 spiro atoms. The molecule has 2 rings (SSSR count). The summed E-state index contributed by atoms with van der Waals surface area (Å²) in [6, 6.07) is 6.51. The van der Waals surface area contributed by atoms with E-state index < -0.39 is 0 Å². The largest absolute Gasteiger partial charge is 0.383 e. The molecule has 1 heterocycles. The molecule has 0 saturated heterocycles. The summed E-state index contributed by atoms with van der Waals surface area (Å²) in [6.07, 6.45) is 0.803. The summed E-state index contributed by atoms with van der Waals surface area (Å²) in [5.74, 6) is 0.167. The maximum atomic E-state index is 13.8. The molecule has 3 nitrogen and oxygen atoms in total. The number of halogens is 2. The van der Waals surface area contributed by atoms with Crippen LogP contribution in [-0.2, 0) is 6.42 Å². The molecule has 0 atom stereocenters. The highest BCUT2D eigenvalue weighted by atomic mass is 127. The number of benzene rings is 1. The molecule has 0 bridgehead atoms. The molecule has 0 aliphatic rings. The molecule has 0 aliphatic carbocycles. The second-order valence-corrected chi connectivity index (χ2v) is 6.83. The molecule has 0 fully saturated rings. The Morgan fingerprint density at radius 2 is 1.95 bits per heavy atom. The topological polar surface area (TPSA) is 43.8 Å². The molecule has 0 amide bonds. The van der Waals surface area contributed by atoms with Gasteiger partial charge in [-0.3, -0.25) is 0 Å². The molecule has 5 heteroatoms. The minimum absolute atomic E-state index is 0.112. The van der Waals surface area contributed by atoms with E-state index in [9.17, 15) is 4.39 Å². The average molecular weight is 373 g/mol. The van der Waals surface area contributed by atoms with Gasteiger partial charge in [-0.05, 0) is 46.6 Å². The molecule has 2 N–H and O–H groups in total. The number of rotatable bonds is 2. The Morgan fingerprint density at radius 1 is 1.32 bits per heavy atom. The van der Waals surface area contributed by atoms with Crippen LogP contribution in [0.5, 0.6) is 0 Å². The van der Waals surface area contributed by atoms with Gasteiger partial charge in [-0.15, -0.1) is 0 Å². The van der Waals surface area contributed by atoms with Crippen LogP contribution in [-0.4, -0.2) is 9.78 Å². The van der Waals surface area contributed by atoms with E-state index in [1.54, 1.807) is 18.2 Å². The van der Waals surface area contributed by atoms with E-state index in [1.165, 1.54) is 10.7 Å². The lowest BCUT2D eigenvalue weighted by molar-refractivity contribution is 0.404. The van der Waals surface area contributed by atoms with Gasteiger partial charge >= 0.3 is 0 Å². The van der Waals surface area contributed by atoms with Crippen LogP contribution in [0.15, 0.2) is 24.3 Å². The fourth-order valence-electron chi connectivity index (χ4n) is 1.88. The number of nitrogen functional groups attached to an aromatic ring is 1. The van der Waals surface area contributed by atoms with Crippen LogP contribution in [0.3, 0.4) is 0 Å². The van der Waals surface area contributed by atoms with Gasteiger partial charge < -0.3 is 5.73 Å². The fourth-order valence-corrected chi connectivity index (χ4v) is 2.41. The third kappa shape index (κ3) is 3.08. The summed E-state index contributed by atoms with van der Waals surface area (Å²) in [6.45, 7) is 6.42. The molecule has 102 valence electrons. The van der Waals surface area contributed by atoms with Crippen molar-refractivity contribution in [3.05, 3.63) is 39.3 Å². The first-order valence-corrected chi connectivity index (χ1v) is 7.15. The zero-order valence-corrected chi connectivity index (χ0v) is 13.4. The van der Waals surface area contributed by atoms with Gasteiger partial charge in [0.05, 0.1) is 9.26 Å². The Labute approximate surface area is 126 Å². The summed E-state index contributed by atoms with van der Waals surface area (Å²) >= 11 is 2.17. The lowest BCUT2D eigenvalue weighted by Gasteiger charge is -2.16. The Kier molecular flexibility index (Phi) is 3.85. The second kappa shape index (κ2) is 5.11. The van der Waals surface area contributed by atoms with Crippen molar-refractivity contribution in [2.75, 3.05) is 5.73 Å². The van der Waals surface area contributed by atoms with Crippen LogP contribution >= 0.6 is 22.6 Å². The molecule has 2 aromatic rings. The maximum Gasteiger partial charge on any atom is 0.148 e. The normalized spacial score (nSPS) is 11.8. The second-order valence-electron chi connectivity index (χ2n) is 5.75. The summed E-state index contributed by atoms with van der Waals surface area (Å²) in [4.78, 5) is 0. The van der Waals surface area contributed by atoms with Gasteiger partial charge in [0, 0.05) is 0 Å². The third-order valence-electron chi connectivity index (χ3n) is 2.71. The van der Waals surface area contributed by atoms with E-state index in [1.807, 2.05) is 0 Å². The molecule has 0 unspecified atom stereocenters. The fraction of sp³-hybridized carbons (Fsp3) is 0.357. The van der Waals surface area contributed by atoms with Crippen molar-refractivity contribution in [2.45, 2.75) is 27.2 Å². The van der Waals surface area contributed by atoms with Gasteiger partial charge in [-0.2, -0.15) is 5.10 Å². The SMILES string of the molecule is CC(C)(C)Cc1nn(-c2ccccc2F)c(N)c1I. The summed E-state index contributed by atoms with van der Waals surface area (Å²) in [7, 11) is 0. The number of para-hydroxylation sites is 1. The van der Waals surface area contributed by atoms with Gasteiger partial charge in [-0.25, -0.2) is 9.07 Å². The number of nitrogens with two attached hydrogens (primary N) is 1. The average Bonchev–Trinajstić information content (AvgIpc) is 2.56. The minimum Gasteiger partial charge on any atom is -0.383 e. The molecule has 0 saturated carbocycles. The first-order valence-electron chi connectivity index (χ1n) is 6.07. The summed E-state index contributed by atoms with van der Waals surface area (Å²) < 4.78 is 16.2. The monoisotopic (exact) mass is 373 g/mol. The van der Waals surface area contributed by atoms with Crippen molar-refractivity contribution < 1.29 is 4.39 Å². The molecule has 0 aliphatic heterocycles. The van der Waals surface area contributed by atoms with Crippen LogP contribution in [0, 0.1) is 14.8 Å². The van der Waals surface area contributed by atoms with Crippen molar-refractivity contribution >= 4 is 28.4 Å². The standard InChI is InChI=1S/C14H17FIN3/c1-14(2,3)8-10-12(16)13(17)19(18-10)11-7-5-4-6-9(11)15/h4-7H,8,17H2,1-3H3. The van der Waals surface area contributed by atoms with Crippen LogP contribution in [0.2, 0.25) is 0 Å². The van der Waals surface area contributed by atoms with E-state index in [2.05, 4.69) is 48.5 Å². The van der Waals surface area contributed by atoms with E-state index >= 15 is 0 Å². The van der Waals surface area contributed by atoms with Crippen LogP contribution in [0.1, 0.15) is 26.5 Å². The first-order chi connectivity index (χ1) is 8.79. The highest BCUT2D eigenvalue weighted by molar-refractivity contribution is 14.1. The highest BCUT2D eigenvalue weighted by Gasteiger charge is 2.21. The van der Waals surface area contributed by atoms with Crippen LogP contribution in [0.25, 0.3) is 5.69 Å². The molecule has 1 aromatic heterocycles. The van der Waals surface area contributed by atoms with Crippen molar-refractivity contribution in [3.63, 3.8) is 0 Å². The van der Waals surface area contributed by atoms with Crippen molar-refractivity contribution in [2.24, 2.45) is 5.41 Å². The number of hydrogen-bond donors (Lipinski definition) is 1. The van der Waals surface area contributed by atoms with Gasteiger partial charge in [0.25, 0.3) is 0 Å². The van der Waals surface area contributed by atoms with Gasteiger partial charge in [0.2, 0.25) is 0 Å². The molecule has 1 aromatic carbocycles. The Bertz CT molecular complexity index is 599. The zero-order chi connectivity index (χ0) is 14.2. The van der Waals surface area contributed by atoms with Crippen molar-refractivity contribution in [1.29, 1.82) is 0 Å². The number of aromatic nitrogens is 2. The van der Waals surface area contributed by atoms with Crippen molar-refractivity contribution in [3.8, 4) is 5.69 Å². The molecular weight excluding hydrogens is 356 g/mol. The predicted molar refractivity (Wildman–Crippen MR) is 83.8 cm³/mol. The quantitative estimate of drug-likeness (QED) is 0.815. The van der Waals surface area contributed by atoms with Crippen LogP contribution in [0.4, 0.5) is 10.2 Å². The summed E-state index contributed by atoms with van der Waals surface area (Å²) in [5.41, 5.74) is 7.46. The Hall–Kier alpha value is -1.11. The van der Waals surface area contributed by atoms with E-state index in [4.69, 9.17) is 5.73 Å². The minimum atomic E-state index is -0.324. The molecule has 0 radical (unpaired) electrons. The maximum absolute atomic E-state index is 13.8. The van der Waals surface area contributed by atoms with Gasteiger partial charge in [0.1, 0.15) is 17.3 Å². The predicted octanol–water partition coefficient (Wildman–Crippen LogP) is 3.79. The summed E-state index contributed by atoms with van der Waals surface area (Å²) in [5, 5.41) is 4.47. The van der Waals surface area contributed by atoms with E-state index in [0.717, 1.165) is 15.7 Å². The zero-order valence-electron chi connectivity index (χ0n) is 11.2. The number of nitrogens with zero attached hydrogens (tertiary/aromatic N) is 2. The van der Waals surface area contributed by atoms with Gasteiger partial charge in [0.15, 0.2) is 0 Å². The lowest BCUT2D eigenvalue weighted by atomic mass is 9.91. The Balaban J connectivity index is 2.50. The van der Waals surface area contributed by atoms with Crippen molar-refractivity contribution in [1.82, 2.24) is 9.78 Å². The van der Waals surface area contributed by atoms with Crippen LogP contribution < -0.4 is 5.73 Å². The van der Waals surface area contributed by atoms with Gasteiger partial charge in [-0.1, -0.05) is 32.9 Å². The highest BCUT2D eigenvalue weighted by Crippen LogP contribution is 2.28. The third-order valence-corrected chi connectivity index (χ3v) is 3.88. The number of hydrogen-bond acceptors (Lipinski definition) is 2. The molecule has 19 heavy (non-hydrogen) atoms.